The molecule has 0 bridgehead atoms. The third-order valence-electron chi connectivity index (χ3n) is 2.17. The summed E-state index contributed by atoms with van der Waals surface area (Å²) in [4.78, 5) is 15.6. The van der Waals surface area contributed by atoms with Crippen molar-refractivity contribution in [1.29, 1.82) is 0 Å². The molecule has 1 amide bonds. The molecule has 2 rings (SSSR count). The van der Waals surface area contributed by atoms with E-state index in [2.05, 4.69) is 26.2 Å². The Kier molecular flexibility index (Phi) is 3.91. The molecule has 0 saturated carbocycles. The Morgan fingerprint density at radius 3 is 3.00 bits per heavy atom. The first kappa shape index (κ1) is 12.3. The number of anilines is 1. The number of amides is 1. The number of carbonyl (C=O) groups is 1. The van der Waals surface area contributed by atoms with Crippen LogP contribution >= 0.6 is 27.3 Å². The van der Waals surface area contributed by atoms with E-state index in [0.29, 0.717) is 0 Å². The highest BCUT2D eigenvalue weighted by Gasteiger charge is 2.09. The quantitative estimate of drug-likeness (QED) is 0.881. The third-order valence-corrected chi connectivity index (χ3v) is 3.41. The summed E-state index contributed by atoms with van der Waals surface area (Å²) in [6.07, 6.45) is 1.77. The number of nitrogens with zero attached hydrogens (tertiary/aromatic N) is 1. The summed E-state index contributed by atoms with van der Waals surface area (Å²) in [6, 6.07) is 7.67. The molecule has 1 aromatic heterocycles. The van der Waals surface area contributed by atoms with Gasteiger partial charge in [-0.15, -0.1) is 11.3 Å². The maximum Gasteiger partial charge on any atom is 0.237 e. The van der Waals surface area contributed by atoms with Crippen LogP contribution in [-0.4, -0.2) is 15.7 Å². The normalized spacial score (nSPS) is 12.1. The van der Waals surface area contributed by atoms with Crippen LogP contribution in [0, 0.1) is 0 Å². The predicted octanol–water partition coefficient (Wildman–Crippen LogP) is 3.53. The molecule has 0 aliphatic heterocycles. The molecule has 0 spiro atoms. The number of nitrogens with one attached hydrogen (secondary N) is 1. The highest BCUT2D eigenvalue weighted by molar-refractivity contribution is 9.10. The van der Waals surface area contributed by atoms with Gasteiger partial charge in [-0.05, 0) is 19.1 Å². The van der Waals surface area contributed by atoms with Gasteiger partial charge in [0.1, 0.15) is 5.01 Å². The number of benzene rings is 1. The predicted molar refractivity (Wildman–Crippen MR) is 74.6 cm³/mol. The van der Waals surface area contributed by atoms with Crippen LogP contribution in [0.3, 0.4) is 0 Å². The number of thiazole rings is 1. The highest BCUT2D eigenvalue weighted by atomic mass is 79.9. The first-order valence-electron chi connectivity index (χ1n) is 5.11. The Bertz CT molecular complexity index is 511. The van der Waals surface area contributed by atoms with Crippen molar-refractivity contribution in [3.8, 4) is 10.6 Å². The molecule has 0 saturated heterocycles. The molecule has 1 N–H and O–H groups in total. The average molecular weight is 311 g/mol. The van der Waals surface area contributed by atoms with E-state index < -0.39 is 0 Å². The van der Waals surface area contributed by atoms with Crippen LogP contribution in [0.2, 0.25) is 0 Å². The first-order valence-corrected chi connectivity index (χ1v) is 6.91. The topological polar surface area (TPSA) is 42.0 Å². The second kappa shape index (κ2) is 5.42. The SMILES string of the molecule is CC(Br)C(=O)Nc1cccc(-c2nccs2)c1. The second-order valence-corrected chi connectivity index (χ2v) is 5.79. The Labute approximate surface area is 112 Å². The molecule has 0 aliphatic carbocycles. The summed E-state index contributed by atoms with van der Waals surface area (Å²) in [6.45, 7) is 1.79. The number of carbonyl (C=O) groups excluding carboxylic acids is 1. The molecule has 1 unspecified atom stereocenters. The molecular formula is C12H11BrN2OS. The summed E-state index contributed by atoms with van der Waals surface area (Å²) in [5.74, 6) is -0.0544. The van der Waals surface area contributed by atoms with E-state index >= 15 is 0 Å². The van der Waals surface area contributed by atoms with Gasteiger partial charge < -0.3 is 5.32 Å². The van der Waals surface area contributed by atoms with Gasteiger partial charge in [-0.2, -0.15) is 0 Å². The van der Waals surface area contributed by atoms with Gasteiger partial charge in [0, 0.05) is 22.8 Å². The van der Waals surface area contributed by atoms with Gasteiger partial charge in [0.15, 0.2) is 0 Å². The van der Waals surface area contributed by atoms with Gasteiger partial charge in [0.25, 0.3) is 0 Å². The fraction of sp³-hybridized carbons (Fsp3) is 0.167. The van der Waals surface area contributed by atoms with E-state index in [1.54, 1.807) is 24.5 Å². The van der Waals surface area contributed by atoms with Crippen molar-refractivity contribution in [3.63, 3.8) is 0 Å². The molecule has 2 aromatic rings. The number of hydrogen-bond acceptors (Lipinski definition) is 3. The molecule has 0 radical (unpaired) electrons. The lowest BCUT2D eigenvalue weighted by Gasteiger charge is -2.07. The highest BCUT2D eigenvalue weighted by Crippen LogP contribution is 2.24. The minimum atomic E-state index is -0.203. The molecule has 1 atom stereocenters. The summed E-state index contributed by atoms with van der Waals surface area (Å²) < 4.78 is 0. The van der Waals surface area contributed by atoms with Gasteiger partial charge in [-0.25, -0.2) is 4.98 Å². The molecule has 0 aliphatic rings. The lowest BCUT2D eigenvalue weighted by atomic mass is 10.2. The third kappa shape index (κ3) is 3.14. The monoisotopic (exact) mass is 310 g/mol. The van der Waals surface area contributed by atoms with Crippen LogP contribution in [0.25, 0.3) is 10.6 Å². The number of alkyl halides is 1. The van der Waals surface area contributed by atoms with E-state index in [1.807, 2.05) is 29.6 Å². The van der Waals surface area contributed by atoms with Crippen molar-refractivity contribution in [3.05, 3.63) is 35.8 Å². The Balaban J connectivity index is 2.20. The maximum absolute atomic E-state index is 11.5. The van der Waals surface area contributed by atoms with Crippen LogP contribution in [0.5, 0.6) is 0 Å². The Morgan fingerprint density at radius 1 is 1.53 bits per heavy atom. The van der Waals surface area contributed by atoms with Crippen LogP contribution < -0.4 is 5.32 Å². The molecule has 0 fully saturated rings. The summed E-state index contributed by atoms with van der Waals surface area (Å²) in [5.41, 5.74) is 1.80. The zero-order valence-electron chi connectivity index (χ0n) is 9.18. The fourth-order valence-electron chi connectivity index (χ4n) is 1.34. The van der Waals surface area contributed by atoms with Crippen molar-refractivity contribution < 1.29 is 4.79 Å². The van der Waals surface area contributed by atoms with E-state index in [9.17, 15) is 4.79 Å². The van der Waals surface area contributed by atoms with Crippen molar-refractivity contribution in [2.75, 3.05) is 5.32 Å². The van der Waals surface area contributed by atoms with E-state index in [-0.39, 0.29) is 10.7 Å². The average Bonchev–Trinajstić information content (AvgIpc) is 2.82. The maximum atomic E-state index is 11.5. The molecule has 17 heavy (non-hydrogen) atoms. The summed E-state index contributed by atoms with van der Waals surface area (Å²) in [7, 11) is 0. The van der Waals surface area contributed by atoms with Gasteiger partial charge in [0.2, 0.25) is 5.91 Å². The van der Waals surface area contributed by atoms with Gasteiger partial charge in [0.05, 0.1) is 4.83 Å². The zero-order chi connectivity index (χ0) is 12.3. The lowest BCUT2D eigenvalue weighted by molar-refractivity contribution is -0.115. The lowest BCUT2D eigenvalue weighted by Crippen LogP contribution is -2.19. The number of aromatic nitrogens is 1. The fourth-order valence-corrected chi connectivity index (χ4v) is 2.09. The second-order valence-electron chi connectivity index (χ2n) is 3.52. The number of rotatable bonds is 3. The van der Waals surface area contributed by atoms with Crippen molar-refractivity contribution in [1.82, 2.24) is 4.98 Å². The van der Waals surface area contributed by atoms with Crippen molar-refractivity contribution in [2.45, 2.75) is 11.8 Å². The van der Waals surface area contributed by atoms with Crippen LogP contribution in [-0.2, 0) is 4.79 Å². The van der Waals surface area contributed by atoms with Crippen molar-refractivity contribution >= 4 is 38.9 Å². The molecule has 3 nitrogen and oxygen atoms in total. The number of hydrogen-bond donors (Lipinski definition) is 1. The standard InChI is InChI=1S/C12H11BrN2OS/c1-8(13)11(16)15-10-4-2-3-9(7-10)12-14-5-6-17-12/h2-8H,1H3,(H,15,16). The smallest absolute Gasteiger partial charge is 0.237 e. The van der Waals surface area contributed by atoms with Crippen LogP contribution in [0.4, 0.5) is 5.69 Å². The minimum absolute atomic E-state index is 0.0544. The Morgan fingerprint density at radius 2 is 2.35 bits per heavy atom. The molecule has 1 heterocycles. The molecular weight excluding hydrogens is 300 g/mol. The van der Waals surface area contributed by atoms with Gasteiger partial charge in [-0.3, -0.25) is 4.79 Å². The van der Waals surface area contributed by atoms with Crippen LogP contribution in [0.15, 0.2) is 35.8 Å². The van der Waals surface area contributed by atoms with Crippen LogP contribution in [0.1, 0.15) is 6.92 Å². The molecule has 88 valence electrons. The number of halogens is 1. The summed E-state index contributed by atoms with van der Waals surface area (Å²) in [5, 5.41) is 5.72. The zero-order valence-corrected chi connectivity index (χ0v) is 11.6. The van der Waals surface area contributed by atoms with Gasteiger partial charge in [-0.1, -0.05) is 28.1 Å². The first-order chi connectivity index (χ1) is 8.16. The van der Waals surface area contributed by atoms with E-state index in [4.69, 9.17) is 0 Å². The van der Waals surface area contributed by atoms with E-state index in [0.717, 1.165) is 16.3 Å². The summed E-state index contributed by atoms with van der Waals surface area (Å²) >= 11 is 4.81. The van der Waals surface area contributed by atoms with E-state index in [1.165, 1.54) is 0 Å². The minimum Gasteiger partial charge on any atom is -0.325 e. The molecule has 5 heteroatoms. The van der Waals surface area contributed by atoms with Crippen molar-refractivity contribution in [2.24, 2.45) is 0 Å². The van der Waals surface area contributed by atoms with Gasteiger partial charge >= 0.3 is 0 Å². The largest absolute Gasteiger partial charge is 0.325 e. The Hall–Kier alpha value is -1.20. The molecule has 1 aromatic carbocycles.